The van der Waals surface area contributed by atoms with Crippen molar-refractivity contribution in [3.8, 4) is 11.3 Å². The van der Waals surface area contributed by atoms with Gasteiger partial charge in [-0.2, -0.15) is 0 Å². The minimum atomic E-state index is -0.620. The van der Waals surface area contributed by atoms with E-state index >= 15 is 0 Å². The molecule has 5 aromatic rings. The molecule has 2 aromatic carbocycles. The highest BCUT2D eigenvalue weighted by molar-refractivity contribution is 7.10. The van der Waals surface area contributed by atoms with Crippen LogP contribution >= 0.6 is 22.7 Å². The molecule has 3 aromatic heterocycles. The highest BCUT2D eigenvalue weighted by Gasteiger charge is 2.33. The fourth-order valence-corrected chi connectivity index (χ4v) is 6.63. The number of esters is 1. The van der Waals surface area contributed by atoms with E-state index in [0.717, 1.165) is 4.88 Å². The second kappa shape index (κ2) is 11.6. The lowest BCUT2D eigenvalue weighted by atomic mass is 10.0. The molecule has 0 bridgehead atoms. The SMILES string of the molecule is CCOC(=O)c1cccc(-c2ccc(/C=c3\sc4n(c3=O)C(c3cccs3)C(C(=O)Nc3ccccc3)=C(C)N=4)o2)c1. The normalized spacial score (nSPS) is 14.8. The second-order valence-electron chi connectivity index (χ2n) is 9.42. The molecular weight excluding hydrogens is 571 g/mol. The van der Waals surface area contributed by atoms with Crippen LogP contribution in [-0.4, -0.2) is 23.1 Å². The molecule has 0 fully saturated rings. The van der Waals surface area contributed by atoms with Crippen molar-refractivity contribution in [1.29, 1.82) is 0 Å². The molecule has 42 heavy (non-hydrogen) atoms. The summed E-state index contributed by atoms with van der Waals surface area (Å²) in [7, 11) is 0. The molecule has 1 N–H and O–H groups in total. The van der Waals surface area contributed by atoms with Crippen molar-refractivity contribution in [3.63, 3.8) is 0 Å². The Morgan fingerprint density at radius 3 is 2.67 bits per heavy atom. The minimum Gasteiger partial charge on any atom is -0.462 e. The van der Waals surface area contributed by atoms with Gasteiger partial charge < -0.3 is 14.5 Å². The Morgan fingerprint density at radius 2 is 1.90 bits per heavy atom. The average Bonchev–Trinajstić information content (AvgIpc) is 3.75. The second-order valence-corrected chi connectivity index (χ2v) is 11.4. The van der Waals surface area contributed by atoms with Gasteiger partial charge in [0.1, 0.15) is 17.6 Å². The topological polar surface area (TPSA) is 103 Å². The average molecular weight is 596 g/mol. The first-order valence-electron chi connectivity index (χ1n) is 13.2. The number of thiophene rings is 1. The van der Waals surface area contributed by atoms with E-state index < -0.39 is 12.0 Å². The summed E-state index contributed by atoms with van der Waals surface area (Å²) in [6.07, 6.45) is 1.68. The van der Waals surface area contributed by atoms with Gasteiger partial charge in [0.15, 0.2) is 4.80 Å². The van der Waals surface area contributed by atoms with Crippen molar-refractivity contribution in [2.45, 2.75) is 19.9 Å². The molecule has 1 aliphatic rings. The van der Waals surface area contributed by atoms with Crippen LogP contribution in [0.15, 0.2) is 110 Å². The largest absolute Gasteiger partial charge is 0.462 e. The number of allylic oxidation sites excluding steroid dienone is 1. The Morgan fingerprint density at radius 1 is 1.07 bits per heavy atom. The monoisotopic (exact) mass is 595 g/mol. The van der Waals surface area contributed by atoms with Crippen LogP contribution in [0.2, 0.25) is 0 Å². The van der Waals surface area contributed by atoms with Gasteiger partial charge in [-0.15, -0.1) is 11.3 Å². The first kappa shape index (κ1) is 27.4. The lowest BCUT2D eigenvalue weighted by Gasteiger charge is -2.24. The van der Waals surface area contributed by atoms with E-state index in [-0.39, 0.29) is 18.1 Å². The fourth-order valence-electron chi connectivity index (χ4n) is 4.78. The number of benzene rings is 2. The van der Waals surface area contributed by atoms with E-state index in [1.54, 1.807) is 54.8 Å². The first-order chi connectivity index (χ1) is 20.4. The molecule has 1 atom stereocenters. The number of ether oxygens (including phenoxy) is 1. The predicted molar refractivity (Wildman–Crippen MR) is 163 cm³/mol. The summed E-state index contributed by atoms with van der Waals surface area (Å²) < 4.78 is 13.2. The van der Waals surface area contributed by atoms with Gasteiger partial charge in [0, 0.05) is 22.2 Å². The maximum Gasteiger partial charge on any atom is 0.338 e. The molecule has 210 valence electrons. The van der Waals surface area contributed by atoms with Crippen LogP contribution in [0.3, 0.4) is 0 Å². The standard InChI is InChI=1S/C32H25N3O5S2/c1-3-39-31(38)21-10-7-9-20(17-21)24-15-14-23(40-24)18-26-30(37)35-28(25-13-8-16-41-25)27(19(2)33-32(35)42-26)29(36)34-22-11-5-4-6-12-22/h4-18,28H,3H2,1-2H3,(H,34,36)/b26-18-. The smallest absolute Gasteiger partial charge is 0.338 e. The number of hydrogen-bond acceptors (Lipinski definition) is 8. The van der Waals surface area contributed by atoms with Crippen LogP contribution < -0.4 is 20.2 Å². The van der Waals surface area contributed by atoms with E-state index in [0.29, 0.717) is 48.9 Å². The highest BCUT2D eigenvalue weighted by Crippen LogP contribution is 2.33. The summed E-state index contributed by atoms with van der Waals surface area (Å²) in [4.78, 5) is 45.6. The Hall–Kier alpha value is -4.80. The molecule has 1 unspecified atom stereocenters. The molecule has 0 saturated carbocycles. The number of fused-ring (bicyclic) bond motifs is 1. The zero-order valence-electron chi connectivity index (χ0n) is 22.7. The van der Waals surface area contributed by atoms with E-state index in [9.17, 15) is 14.4 Å². The number of rotatable bonds is 7. The summed E-state index contributed by atoms with van der Waals surface area (Å²) in [5.74, 6) is 0.310. The van der Waals surface area contributed by atoms with Gasteiger partial charge in [0.05, 0.1) is 28.0 Å². The Kier molecular flexibility index (Phi) is 7.56. The Balaban J connectivity index is 1.38. The summed E-state index contributed by atoms with van der Waals surface area (Å²) in [6.45, 7) is 3.84. The summed E-state index contributed by atoms with van der Waals surface area (Å²) in [6, 6.07) is 23.0. The molecule has 10 heteroatoms. The molecule has 0 aliphatic carbocycles. The number of hydrogen-bond donors (Lipinski definition) is 1. The quantitative estimate of drug-likeness (QED) is 0.255. The molecule has 6 rings (SSSR count). The zero-order chi connectivity index (χ0) is 29.2. The molecule has 0 saturated heterocycles. The van der Waals surface area contributed by atoms with Crippen LogP contribution in [-0.2, 0) is 9.53 Å². The molecule has 0 radical (unpaired) electrons. The van der Waals surface area contributed by atoms with Crippen molar-refractivity contribution >= 4 is 46.3 Å². The van der Waals surface area contributed by atoms with Gasteiger partial charge >= 0.3 is 5.97 Å². The number of amides is 1. The summed E-state index contributed by atoms with van der Waals surface area (Å²) >= 11 is 2.72. The maximum atomic E-state index is 13.9. The van der Waals surface area contributed by atoms with Gasteiger partial charge in [0.2, 0.25) is 0 Å². The number of furan rings is 1. The van der Waals surface area contributed by atoms with Crippen molar-refractivity contribution in [2.24, 2.45) is 4.99 Å². The van der Waals surface area contributed by atoms with Gasteiger partial charge in [-0.25, -0.2) is 9.79 Å². The number of aromatic nitrogens is 1. The third-order valence-corrected chi connectivity index (χ3v) is 8.58. The fraction of sp³-hybridized carbons (Fsp3) is 0.125. The number of nitrogens with one attached hydrogen (secondary N) is 1. The van der Waals surface area contributed by atoms with Crippen LogP contribution in [0.5, 0.6) is 0 Å². The maximum absolute atomic E-state index is 13.9. The first-order valence-corrected chi connectivity index (χ1v) is 14.9. The predicted octanol–water partition coefficient (Wildman–Crippen LogP) is 5.37. The molecule has 0 spiro atoms. The molecular formula is C32H25N3O5S2. The van der Waals surface area contributed by atoms with E-state index in [1.165, 1.54) is 22.7 Å². The lowest BCUT2D eigenvalue weighted by Crippen LogP contribution is -2.40. The number of carbonyl (C=O) groups is 2. The van der Waals surface area contributed by atoms with Crippen LogP contribution in [0.1, 0.15) is 40.9 Å². The number of nitrogens with zero attached hydrogens (tertiary/aromatic N) is 2. The highest BCUT2D eigenvalue weighted by atomic mass is 32.1. The minimum absolute atomic E-state index is 0.267. The van der Waals surface area contributed by atoms with Crippen LogP contribution in [0.4, 0.5) is 5.69 Å². The molecule has 1 amide bonds. The molecule has 1 aliphatic heterocycles. The molecule has 4 heterocycles. The summed E-state index contributed by atoms with van der Waals surface area (Å²) in [5.41, 5.74) is 2.50. The van der Waals surface area contributed by atoms with Crippen molar-refractivity contribution in [3.05, 3.63) is 131 Å². The Labute approximate surface area is 248 Å². The third kappa shape index (κ3) is 5.29. The zero-order valence-corrected chi connectivity index (χ0v) is 24.3. The molecule has 8 nitrogen and oxygen atoms in total. The number of carbonyl (C=O) groups excluding carboxylic acids is 2. The number of thiazole rings is 1. The van der Waals surface area contributed by atoms with E-state index in [4.69, 9.17) is 9.15 Å². The van der Waals surface area contributed by atoms with Crippen LogP contribution in [0.25, 0.3) is 17.4 Å². The number of para-hydroxylation sites is 1. The summed E-state index contributed by atoms with van der Waals surface area (Å²) in [5, 5.41) is 4.88. The van der Waals surface area contributed by atoms with E-state index in [1.807, 2.05) is 53.9 Å². The Bertz CT molecular complexity index is 2000. The van der Waals surface area contributed by atoms with Gasteiger partial charge in [-0.05, 0) is 61.7 Å². The number of anilines is 1. The van der Waals surface area contributed by atoms with Gasteiger partial charge in [-0.3, -0.25) is 14.2 Å². The van der Waals surface area contributed by atoms with Gasteiger partial charge in [-0.1, -0.05) is 47.7 Å². The van der Waals surface area contributed by atoms with E-state index in [2.05, 4.69) is 10.3 Å². The third-order valence-electron chi connectivity index (χ3n) is 6.67. The lowest BCUT2D eigenvalue weighted by molar-refractivity contribution is -0.113. The van der Waals surface area contributed by atoms with Crippen molar-refractivity contribution in [2.75, 3.05) is 11.9 Å². The van der Waals surface area contributed by atoms with Gasteiger partial charge in [0.25, 0.3) is 11.5 Å². The van der Waals surface area contributed by atoms with Crippen molar-refractivity contribution < 1.29 is 18.7 Å². The van der Waals surface area contributed by atoms with Crippen LogP contribution in [0, 0.1) is 0 Å². The van der Waals surface area contributed by atoms with Crippen molar-refractivity contribution in [1.82, 2.24) is 4.57 Å².